The van der Waals surface area contributed by atoms with Gasteiger partial charge in [0.2, 0.25) is 0 Å². The van der Waals surface area contributed by atoms with Crippen LogP contribution < -0.4 is 10.9 Å². The number of morpholine rings is 1. The summed E-state index contributed by atoms with van der Waals surface area (Å²) in [6.07, 6.45) is 5.30. The third kappa shape index (κ3) is 3.22. The maximum Gasteiger partial charge on any atom is 0.261 e. The van der Waals surface area contributed by atoms with Gasteiger partial charge in [-0.1, -0.05) is 18.0 Å². The molecule has 0 amide bonds. The molecule has 0 aliphatic carbocycles. The van der Waals surface area contributed by atoms with Gasteiger partial charge in [-0.15, -0.1) is 0 Å². The molecule has 1 unspecified atom stereocenters. The van der Waals surface area contributed by atoms with Crippen molar-refractivity contribution in [2.45, 2.75) is 44.7 Å². The number of nitrogens with one attached hydrogen (secondary N) is 1. The van der Waals surface area contributed by atoms with E-state index in [1.165, 1.54) is 12.8 Å². The molecule has 8 heteroatoms. The van der Waals surface area contributed by atoms with Gasteiger partial charge in [-0.3, -0.25) is 9.36 Å². The second-order valence-electron chi connectivity index (χ2n) is 7.42. The van der Waals surface area contributed by atoms with Crippen molar-refractivity contribution in [2.75, 3.05) is 19.8 Å². The van der Waals surface area contributed by atoms with E-state index in [-0.39, 0.29) is 11.6 Å². The number of ether oxygens (including phenoxy) is 1. The lowest BCUT2D eigenvalue weighted by molar-refractivity contribution is 0.0734. The fourth-order valence-electron chi connectivity index (χ4n) is 3.95. The average molecular weight is 381 g/mol. The molecule has 1 fully saturated rings. The molecule has 4 heterocycles. The molecule has 0 spiro atoms. The van der Waals surface area contributed by atoms with Gasteiger partial charge in [-0.2, -0.15) is 4.98 Å². The van der Waals surface area contributed by atoms with Crippen molar-refractivity contribution in [3.05, 3.63) is 40.2 Å². The summed E-state index contributed by atoms with van der Waals surface area (Å²) in [5, 5.41) is 8.04. The van der Waals surface area contributed by atoms with Crippen LogP contribution in [-0.4, -0.2) is 39.5 Å². The Labute approximate surface area is 161 Å². The highest BCUT2D eigenvalue weighted by Gasteiger charge is 2.22. The number of hydrogen-bond donors (Lipinski definition) is 1. The Morgan fingerprint density at radius 2 is 2.07 bits per heavy atom. The molecule has 1 saturated heterocycles. The maximum atomic E-state index is 12.9. The molecule has 1 N–H and O–H groups in total. The average Bonchev–Trinajstić information content (AvgIpc) is 3.20. The number of aryl methyl sites for hydroxylation is 1. The zero-order chi connectivity index (χ0) is 18.9. The molecular weight excluding hydrogens is 358 g/mol. The lowest BCUT2D eigenvalue weighted by atomic mass is 10.1. The number of benzene rings is 1. The van der Waals surface area contributed by atoms with Crippen LogP contribution in [0.5, 0.6) is 0 Å². The number of rotatable bonds is 2. The van der Waals surface area contributed by atoms with Crippen LogP contribution in [0.2, 0.25) is 0 Å². The Bertz CT molecular complexity index is 1050. The lowest BCUT2D eigenvalue weighted by Crippen LogP contribution is -2.35. The Balaban J connectivity index is 1.52. The van der Waals surface area contributed by atoms with Gasteiger partial charge in [0.25, 0.3) is 11.4 Å². The minimum Gasteiger partial charge on any atom is -0.378 e. The zero-order valence-corrected chi connectivity index (χ0v) is 15.7. The van der Waals surface area contributed by atoms with Gasteiger partial charge < -0.3 is 14.6 Å². The first kappa shape index (κ1) is 17.5. The summed E-state index contributed by atoms with van der Waals surface area (Å²) in [6, 6.07) is 5.48. The van der Waals surface area contributed by atoms with Gasteiger partial charge in [-0.05, 0) is 31.0 Å². The van der Waals surface area contributed by atoms with Crippen molar-refractivity contribution in [2.24, 2.45) is 0 Å². The van der Waals surface area contributed by atoms with E-state index in [0.717, 1.165) is 43.7 Å². The molecule has 0 bridgehead atoms. The van der Waals surface area contributed by atoms with Gasteiger partial charge in [-0.25, -0.2) is 4.98 Å². The van der Waals surface area contributed by atoms with E-state index in [1.54, 1.807) is 0 Å². The Morgan fingerprint density at radius 1 is 1.14 bits per heavy atom. The van der Waals surface area contributed by atoms with Gasteiger partial charge in [0, 0.05) is 25.1 Å². The Kier molecular flexibility index (Phi) is 4.66. The highest BCUT2D eigenvalue weighted by molar-refractivity contribution is 5.82. The zero-order valence-electron chi connectivity index (χ0n) is 15.7. The van der Waals surface area contributed by atoms with Crippen LogP contribution in [0.25, 0.3) is 22.4 Å². The summed E-state index contributed by atoms with van der Waals surface area (Å²) >= 11 is 0. The minimum absolute atomic E-state index is 0.0447. The molecule has 146 valence electrons. The van der Waals surface area contributed by atoms with E-state index in [9.17, 15) is 4.79 Å². The third-order valence-electron chi connectivity index (χ3n) is 5.49. The van der Waals surface area contributed by atoms with Crippen molar-refractivity contribution < 1.29 is 9.26 Å². The van der Waals surface area contributed by atoms with E-state index in [4.69, 9.17) is 14.2 Å². The number of hydrogen-bond acceptors (Lipinski definition) is 7. The van der Waals surface area contributed by atoms with Crippen molar-refractivity contribution in [1.82, 2.24) is 25.0 Å². The fourth-order valence-corrected chi connectivity index (χ4v) is 3.95. The van der Waals surface area contributed by atoms with Crippen molar-refractivity contribution in [3.8, 4) is 11.5 Å². The Hall–Kier alpha value is -2.58. The molecule has 2 aliphatic heterocycles. The molecular formula is C20H23N5O3. The number of nitrogens with zero attached hydrogens (tertiary/aromatic N) is 4. The lowest BCUT2D eigenvalue weighted by Gasteiger charge is -2.20. The van der Waals surface area contributed by atoms with E-state index in [1.807, 2.05) is 22.8 Å². The predicted molar refractivity (Wildman–Crippen MR) is 103 cm³/mol. The standard InChI is InChI=1S/C20H23N5O3/c26-20-14-7-6-13(19-23-18(24-28-19)16-12-27-10-8-21-16)11-15(14)22-17-5-3-1-2-4-9-25(17)20/h6-7,11,16,21H,1-5,8-10,12H2. The van der Waals surface area contributed by atoms with Crippen LogP contribution in [0, 0.1) is 0 Å². The topological polar surface area (TPSA) is 95.1 Å². The molecule has 3 aromatic rings. The van der Waals surface area contributed by atoms with Crippen molar-refractivity contribution in [3.63, 3.8) is 0 Å². The van der Waals surface area contributed by atoms with Crippen LogP contribution in [0.4, 0.5) is 0 Å². The highest BCUT2D eigenvalue weighted by atomic mass is 16.5. The van der Waals surface area contributed by atoms with Gasteiger partial charge in [0.15, 0.2) is 5.82 Å². The molecule has 2 aliphatic rings. The van der Waals surface area contributed by atoms with Crippen LogP contribution in [0.1, 0.15) is 43.4 Å². The summed E-state index contributed by atoms with van der Waals surface area (Å²) in [7, 11) is 0. The van der Waals surface area contributed by atoms with Crippen LogP contribution in [0.15, 0.2) is 27.5 Å². The summed E-state index contributed by atoms with van der Waals surface area (Å²) in [6.45, 7) is 2.74. The smallest absolute Gasteiger partial charge is 0.261 e. The van der Waals surface area contributed by atoms with Crippen molar-refractivity contribution >= 4 is 10.9 Å². The van der Waals surface area contributed by atoms with E-state index >= 15 is 0 Å². The maximum absolute atomic E-state index is 12.9. The number of fused-ring (bicyclic) bond motifs is 2. The monoisotopic (exact) mass is 381 g/mol. The molecule has 8 nitrogen and oxygen atoms in total. The normalized spacial score (nSPS) is 20.5. The summed E-state index contributed by atoms with van der Waals surface area (Å²) in [5.74, 6) is 1.89. The largest absolute Gasteiger partial charge is 0.378 e. The molecule has 2 aromatic heterocycles. The van der Waals surface area contributed by atoms with Gasteiger partial charge in [0.05, 0.1) is 30.2 Å². The SMILES string of the molecule is O=c1c2ccc(-c3nc(C4COCCN4)no3)cc2nc2n1CCCCCC2. The predicted octanol–water partition coefficient (Wildman–Crippen LogP) is 2.22. The quantitative estimate of drug-likeness (QED) is 0.727. The summed E-state index contributed by atoms with van der Waals surface area (Å²) < 4.78 is 12.8. The summed E-state index contributed by atoms with van der Waals surface area (Å²) in [5.41, 5.74) is 1.50. The first-order chi connectivity index (χ1) is 13.8. The second kappa shape index (κ2) is 7.44. The Morgan fingerprint density at radius 3 is 2.96 bits per heavy atom. The first-order valence-corrected chi connectivity index (χ1v) is 9.98. The van der Waals surface area contributed by atoms with Crippen LogP contribution in [0.3, 0.4) is 0 Å². The molecule has 1 atom stereocenters. The van der Waals surface area contributed by atoms with E-state index in [2.05, 4.69) is 15.5 Å². The number of aromatic nitrogens is 4. The molecule has 0 radical (unpaired) electrons. The molecule has 5 rings (SSSR count). The van der Waals surface area contributed by atoms with Gasteiger partial charge in [0.1, 0.15) is 5.82 Å². The van der Waals surface area contributed by atoms with Crippen LogP contribution in [-0.2, 0) is 17.7 Å². The van der Waals surface area contributed by atoms with Crippen LogP contribution >= 0.6 is 0 Å². The minimum atomic E-state index is -0.0609. The first-order valence-electron chi connectivity index (χ1n) is 9.98. The van der Waals surface area contributed by atoms with E-state index < -0.39 is 0 Å². The third-order valence-corrected chi connectivity index (χ3v) is 5.49. The second-order valence-corrected chi connectivity index (χ2v) is 7.42. The molecule has 28 heavy (non-hydrogen) atoms. The van der Waals surface area contributed by atoms with Gasteiger partial charge >= 0.3 is 0 Å². The molecule has 0 saturated carbocycles. The van der Waals surface area contributed by atoms with E-state index in [0.29, 0.717) is 35.8 Å². The summed E-state index contributed by atoms with van der Waals surface area (Å²) in [4.78, 5) is 22.3. The highest BCUT2D eigenvalue weighted by Crippen LogP contribution is 2.24. The molecule has 1 aromatic carbocycles. The van der Waals surface area contributed by atoms with Crippen molar-refractivity contribution in [1.29, 1.82) is 0 Å². The fraction of sp³-hybridized carbons (Fsp3) is 0.500.